The van der Waals surface area contributed by atoms with Crippen molar-refractivity contribution in [3.8, 4) is 5.75 Å². The van der Waals surface area contributed by atoms with Gasteiger partial charge < -0.3 is 19.7 Å². The molecular formula is C24H25N5O4. The lowest BCUT2D eigenvalue weighted by Crippen LogP contribution is -2.40. The van der Waals surface area contributed by atoms with Crippen LogP contribution >= 0.6 is 0 Å². The van der Waals surface area contributed by atoms with E-state index >= 15 is 0 Å². The molecule has 0 bridgehead atoms. The first-order valence-electron chi connectivity index (χ1n) is 10.6. The van der Waals surface area contributed by atoms with Crippen LogP contribution in [0.1, 0.15) is 25.5 Å². The fourth-order valence-electron chi connectivity index (χ4n) is 3.85. The molecule has 4 rings (SSSR count). The van der Waals surface area contributed by atoms with Crippen LogP contribution in [0.3, 0.4) is 0 Å². The lowest BCUT2D eigenvalue weighted by atomic mass is 9.95. The van der Waals surface area contributed by atoms with E-state index in [2.05, 4.69) is 15.4 Å². The Kier molecular flexibility index (Phi) is 6.39. The summed E-state index contributed by atoms with van der Waals surface area (Å²) < 4.78 is 12.2. The van der Waals surface area contributed by atoms with Crippen LogP contribution in [-0.2, 0) is 14.3 Å². The lowest BCUT2D eigenvalue weighted by molar-refractivity contribution is -0.139. The minimum atomic E-state index is -0.511. The molecule has 3 aromatic rings. The van der Waals surface area contributed by atoms with Gasteiger partial charge in [0.15, 0.2) is 0 Å². The van der Waals surface area contributed by atoms with Crippen LogP contribution in [0, 0.1) is 0 Å². The normalized spacial score (nSPS) is 15.1. The Morgan fingerprint density at radius 1 is 1.09 bits per heavy atom. The van der Waals surface area contributed by atoms with Crippen molar-refractivity contribution in [1.82, 2.24) is 14.8 Å². The Morgan fingerprint density at radius 2 is 1.82 bits per heavy atom. The van der Waals surface area contributed by atoms with Crippen LogP contribution in [-0.4, -0.2) is 46.9 Å². The van der Waals surface area contributed by atoms with Crippen LogP contribution in [0.4, 0.5) is 11.6 Å². The number of anilines is 2. The van der Waals surface area contributed by atoms with Crippen LogP contribution in [0.15, 0.2) is 72.2 Å². The van der Waals surface area contributed by atoms with Crippen molar-refractivity contribution in [2.24, 2.45) is 0 Å². The summed E-state index contributed by atoms with van der Waals surface area (Å²) in [6.45, 7) is 3.73. The third-order valence-corrected chi connectivity index (χ3v) is 5.39. The molecule has 33 heavy (non-hydrogen) atoms. The molecule has 1 aliphatic heterocycles. The SMILES string of the molecule is CCOC(=O)C1=C(C)N(CC(=O)Nc2ccc(OC)cc2)c2ncnn2[C@@H]1c1ccccc1. The first-order valence-corrected chi connectivity index (χ1v) is 10.6. The number of rotatable bonds is 7. The van der Waals surface area contributed by atoms with E-state index in [4.69, 9.17) is 9.47 Å². The van der Waals surface area contributed by atoms with Gasteiger partial charge in [0.2, 0.25) is 11.9 Å². The summed E-state index contributed by atoms with van der Waals surface area (Å²) in [5, 5.41) is 7.24. The number of benzene rings is 2. The Labute approximate surface area is 191 Å². The smallest absolute Gasteiger partial charge is 0.338 e. The quantitative estimate of drug-likeness (QED) is 0.556. The average Bonchev–Trinajstić information content (AvgIpc) is 3.31. The van der Waals surface area contributed by atoms with Gasteiger partial charge in [-0.05, 0) is 43.7 Å². The molecule has 2 heterocycles. The number of carbonyl (C=O) groups is 2. The Bertz CT molecular complexity index is 1170. The third-order valence-electron chi connectivity index (χ3n) is 5.39. The summed E-state index contributed by atoms with van der Waals surface area (Å²) in [6.07, 6.45) is 1.42. The summed E-state index contributed by atoms with van der Waals surface area (Å²) in [7, 11) is 1.58. The number of amides is 1. The van der Waals surface area contributed by atoms with Crippen molar-refractivity contribution < 1.29 is 19.1 Å². The number of fused-ring (bicyclic) bond motifs is 1. The summed E-state index contributed by atoms with van der Waals surface area (Å²) in [5.74, 6) is 0.447. The predicted molar refractivity (Wildman–Crippen MR) is 123 cm³/mol. The molecule has 1 amide bonds. The first kappa shape index (κ1) is 22.1. The van der Waals surface area contributed by atoms with Gasteiger partial charge in [-0.2, -0.15) is 10.1 Å². The maximum Gasteiger partial charge on any atom is 0.338 e. The van der Waals surface area contributed by atoms with Gasteiger partial charge in [-0.15, -0.1) is 0 Å². The number of nitrogens with one attached hydrogen (secondary N) is 1. The number of carbonyl (C=O) groups excluding carboxylic acids is 2. The second kappa shape index (κ2) is 9.56. The molecule has 0 aliphatic carbocycles. The van der Waals surface area contributed by atoms with E-state index in [9.17, 15) is 9.59 Å². The standard InChI is InChI=1S/C24H25N5O4/c1-4-33-23(31)21-16(2)28(14-20(30)27-18-10-12-19(32-3)13-11-18)24-25-15-26-29(24)22(21)17-8-6-5-7-9-17/h5-13,15,22H,4,14H2,1-3H3,(H,27,30)/t22-/m1/s1. The average molecular weight is 447 g/mol. The van der Waals surface area contributed by atoms with Crippen molar-refractivity contribution >= 4 is 23.5 Å². The fraction of sp³-hybridized carbons (Fsp3) is 0.250. The van der Waals surface area contributed by atoms with E-state index in [1.165, 1.54) is 6.33 Å². The first-order chi connectivity index (χ1) is 16.0. The van der Waals surface area contributed by atoms with Crippen LogP contribution < -0.4 is 15.0 Å². The molecular weight excluding hydrogens is 422 g/mol. The number of hydrogen-bond acceptors (Lipinski definition) is 7. The molecule has 0 spiro atoms. The molecule has 2 aromatic carbocycles. The van der Waals surface area contributed by atoms with Gasteiger partial charge >= 0.3 is 5.97 Å². The molecule has 170 valence electrons. The maximum atomic E-state index is 13.0. The van der Waals surface area contributed by atoms with E-state index in [0.29, 0.717) is 28.7 Å². The molecule has 1 aromatic heterocycles. The molecule has 0 fully saturated rings. The van der Waals surface area contributed by atoms with E-state index in [-0.39, 0.29) is 19.1 Å². The molecule has 9 nitrogen and oxygen atoms in total. The van der Waals surface area contributed by atoms with Crippen molar-refractivity contribution in [1.29, 1.82) is 0 Å². The zero-order valence-electron chi connectivity index (χ0n) is 18.7. The monoisotopic (exact) mass is 447 g/mol. The van der Waals surface area contributed by atoms with Gasteiger partial charge in [0.1, 0.15) is 24.7 Å². The van der Waals surface area contributed by atoms with Crippen LogP contribution in [0.25, 0.3) is 0 Å². The number of allylic oxidation sites excluding steroid dienone is 1. The number of hydrogen-bond donors (Lipinski definition) is 1. The highest BCUT2D eigenvalue weighted by molar-refractivity contribution is 5.96. The van der Waals surface area contributed by atoms with Gasteiger partial charge in [-0.1, -0.05) is 30.3 Å². The molecule has 0 saturated heterocycles. The van der Waals surface area contributed by atoms with Gasteiger partial charge in [-0.3, -0.25) is 4.79 Å². The highest BCUT2D eigenvalue weighted by Crippen LogP contribution is 2.38. The summed E-state index contributed by atoms with van der Waals surface area (Å²) >= 11 is 0. The van der Waals surface area contributed by atoms with E-state index in [1.807, 2.05) is 30.3 Å². The van der Waals surface area contributed by atoms with Crippen molar-refractivity contribution in [2.45, 2.75) is 19.9 Å². The Morgan fingerprint density at radius 3 is 2.48 bits per heavy atom. The van der Waals surface area contributed by atoms with Crippen molar-refractivity contribution in [3.63, 3.8) is 0 Å². The topological polar surface area (TPSA) is 98.6 Å². The number of nitrogens with zero attached hydrogens (tertiary/aromatic N) is 4. The molecule has 0 unspecified atom stereocenters. The van der Waals surface area contributed by atoms with Gasteiger partial charge in [0, 0.05) is 11.4 Å². The number of ether oxygens (including phenoxy) is 2. The molecule has 1 atom stereocenters. The zero-order valence-corrected chi connectivity index (χ0v) is 18.7. The molecule has 0 radical (unpaired) electrons. The van der Waals surface area contributed by atoms with Crippen molar-refractivity contribution in [2.75, 3.05) is 30.5 Å². The predicted octanol–water partition coefficient (Wildman–Crippen LogP) is 3.17. The molecule has 9 heteroatoms. The van der Waals surface area contributed by atoms with Gasteiger partial charge in [0.05, 0.1) is 19.3 Å². The molecule has 1 N–H and O–H groups in total. The van der Waals surface area contributed by atoms with E-state index < -0.39 is 12.0 Å². The van der Waals surface area contributed by atoms with Crippen LogP contribution in [0.5, 0.6) is 5.75 Å². The second-order valence-corrected chi connectivity index (χ2v) is 7.40. The summed E-state index contributed by atoms with van der Waals surface area (Å²) in [6, 6.07) is 16.1. The number of esters is 1. The molecule has 0 saturated carbocycles. The largest absolute Gasteiger partial charge is 0.497 e. The second-order valence-electron chi connectivity index (χ2n) is 7.40. The van der Waals surface area contributed by atoms with E-state index in [1.54, 1.807) is 54.8 Å². The fourth-order valence-corrected chi connectivity index (χ4v) is 3.85. The van der Waals surface area contributed by atoms with Crippen molar-refractivity contribution in [3.05, 3.63) is 77.8 Å². The third kappa shape index (κ3) is 4.43. The highest BCUT2D eigenvalue weighted by atomic mass is 16.5. The zero-order chi connectivity index (χ0) is 23.4. The summed E-state index contributed by atoms with van der Waals surface area (Å²) in [5.41, 5.74) is 2.51. The molecule has 1 aliphatic rings. The van der Waals surface area contributed by atoms with E-state index in [0.717, 1.165) is 5.56 Å². The van der Waals surface area contributed by atoms with Crippen LogP contribution in [0.2, 0.25) is 0 Å². The van der Waals surface area contributed by atoms with Gasteiger partial charge in [-0.25, -0.2) is 9.48 Å². The number of aromatic nitrogens is 3. The Hall–Kier alpha value is -4.14. The lowest BCUT2D eigenvalue weighted by Gasteiger charge is -2.35. The minimum absolute atomic E-state index is 0.0546. The minimum Gasteiger partial charge on any atom is -0.497 e. The van der Waals surface area contributed by atoms with Gasteiger partial charge in [0.25, 0.3) is 0 Å². The Balaban J connectivity index is 1.68. The summed E-state index contributed by atoms with van der Waals surface area (Å²) in [4.78, 5) is 32.0. The maximum absolute atomic E-state index is 13.0. The highest BCUT2D eigenvalue weighted by Gasteiger charge is 2.38. The number of methoxy groups -OCH3 is 1.